The number of hydrogen-bond acceptors (Lipinski definition) is 5. The van der Waals surface area contributed by atoms with Crippen molar-refractivity contribution in [3.05, 3.63) is 52.2 Å². The van der Waals surface area contributed by atoms with Crippen LogP contribution in [-0.2, 0) is 6.42 Å². The molecule has 2 aromatic heterocycles. The number of rotatable bonds is 4. The van der Waals surface area contributed by atoms with Crippen LogP contribution in [0.5, 0.6) is 0 Å². The lowest BCUT2D eigenvalue weighted by Gasteiger charge is -2.11. The SMILES string of the molecule is Cc1nc(CC(NN)c2cc3ccccc3o2)cs1. The van der Waals surface area contributed by atoms with E-state index >= 15 is 0 Å². The fraction of sp³-hybridized carbons (Fsp3) is 0.214. The zero-order valence-corrected chi connectivity index (χ0v) is 11.4. The van der Waals surface area contributed by atoms with Crippen molar-refractivity contribution < 1.29 is 4.42 Å². The molecule has 0 saturated carbocycles. The third kappa shape index (κ3) is 2.53. The molecule has 0 bridgehead atoms. The van der Waals surface area contributed by atoms with Gasteiger partial charge < -0.3 is 4.42 Å². The molecule has 0 aliphatic rings. The molecule has 19 heavy (non-hydrogen) atoms. The maximum atomic E-state index is 5.83. The highest BCUT2D eigenvalue weighted by molar-refractivity contribution is 7.09. The lowest BCUT2D eigenvalue weighted by molar-refractivity contribution is 0.432. The number of nitrogens with one attached hydrogen (secondary N) is 1. The molecule has 0 spiro atoms. The fourth-order valence-electron chi connectivity index (χ4n) is 2.13. The van der Waals surface area contributed by atoms with E-state index in [4.69, 9.17) is 10.3 Å². The highest BCUT2D eigenvalue weighted by Crippen LogP contribution is 2.26. The minimum absolute atomic E-state index is 0.0612. The van der Waals surface area contributed by atoms with Crippen molar-refractivity contribution in [2.45, 2.75) is 19.4 Å². The van der Waals surface area contributed by atoms with Gasteiger partial charge in [-0.1, -0.05) is 18.2 Å². The van der Waals surface area contributed by atoms with Gasteiger partial charge in [0.15, 0.2) is 0 Å². The molecule has 1 unspecified atom stereocenters. The summed E-state index contributed by atoms with van der Waals surface area (Å²) in [5.74, 6) is 6.49. The molecule has 3 N–H and O–H groups in total. The molecule has 4 nitrogen and oxygen atoms in total. The van der Waals surface area contributed by atoms with Crippen molar-refractivity contribution in [3.8, 4) is 0 Å². The third-order valence-corrected chi connectivity index (χ3v) is 3.89. The number of aromatic nitrogens is 1. The largest absolute Gasteiger partial charge is 0.459 e. The van der Waals surface area contributed by atoms with E-state index in [1.807, 2.05) is 37.3 Å². The van der Waals surface area contributed by atoms with Crippen LogP contribution in [0, 0.1) is 6.92 Å². The van der Waals surface area contributed by atoms with Gasteiger partial charge in [0.2, 0.25) is 0 Å². The van der Waals surface area contributed by atoms with Crippen molar-refractivity contribution in [1.29, 1.82) is 0 Å². The van der Waals surface area contributed by atoms with Crippen molar-refractivity contribution >= 4 is 22.3 Å². The number of hydrazine groups is 1. The van der Waals surface area contributed by atoms with E-state index < -0.39 is 0 Å². The summed E-state index contributed by atoms with van der Waals surface area (Å²) < 4.78 is 5.83. The average molecular weight is 273 g/mol. The molecule has 3 rings (SSSR count). The van der Waals surface area contributed by atoms with Crippen LogP contribution in [0.25, 0.3) is 11.0 Å². The van der Waals surface area contributed by atoms with Gasteiger partial charge in [-0.3, -0.25) is 5.84 Å². The van der Waals surface area contributed by atoms with E-state index in [0.29, 0.717) is 0 Å². The molecule has 0 amide bonds. The Hall–Kier alpha value is -1.69. The third-order valence-electron chi connectivity index (χ3n) is 3.07. The number of furan rings is 1. The number of aryl methyl sites for hydroxylation is 1. The van der Waals surface area contributed by atoms with Crippen LogP contribution in [0.4, 0.5) is 0 Å². The lowest BCUT2D eigenvalue weighted by atomic mass is 10.1. The highest BCUT2D eigenvalue weighted by atomic mass is 32.1. The molecule has 2 heterocycles. The first-order chi connectivity index (χ1) is 9.26. The zero-order chi connectivity index (χ0) is 13.2. The Balaban J connectivity index is 1.88. The molecule has 0 aliphatic heterocycles. The van der Waals surface area contributed by atoms with Crippen molar-refractivity contribution in [2.24, 2.45) is 5.84 Å². The van der Waals surface area contributed by atoms with Gasteiger partial charge in [0.05, 0.1) is 16.7 Å². The van der Waals surface area contributed by atoms with Crippen LogP contribution in [0.2, 0.25) is 0 Å². The molecule has 1 aromatic carbocycles. The maximum Gasteiger partial charge on any atom is 0.134 e. The summed E-state index contributed by atoms with van der Waals surface area (Å²) in [5, 5.41) is 4.21. The van der Waals surface area contributed by atoms with Gasteiger partial charge in [-0.05, 0) is 19.1 Å². The summed E-state index contributed by atoms with van der Waals surface area (Å²) in [6.07, 6.45) is 0.723. The highest BCUT2D eigenvalue weighted by Gasteiger charge is 2.16. The van der Waals surface area contributed by atoms with Gasteiger partial charge in [0, 0.05) is 17.2 Å². The molecular weight excluding hydrogens is 258 g/mol. The van der Waals surface area contributed by atoms with Crippen LogP contribution in [0.3, 0.4) is 0 Å². The van der Waals surface area contributed by atoms with E-state index in [2.05, 4.69) is 15.8 Å². The maximum absolute atomic E-state index is 5.83. The second-order valence-electron chi connectivity index (χ2n) is 4.47. The van der Waals surface area contributed by atoms with Gasteiger partial charge in [0.25, 0.3) is 0 Å². The normalized spacial score (nSPS) is 12.9. The van der Waals surface area contributed by atoms with Crippen LogP contribution in [-0.4, -0.2) is 4.98 Å². The Morgan fingerprint density at radius 1 is 1.42 bits per heavy atom. The monoisotopic (exact) mass is 273 g/mol. The van der Waals surface area contributed by atoms with Gasteiger partial charge in [-0.25, -0.2) is 10.4 Å². The Morgan fingerprint density at radius 2 is 2.26 bits per heavy atom. The Labute approximate surface area is 115 Å². The molecule has 1 atom stereocenters. The molecule has 98 valence electrons. The summed E-state index contributed by atoms with van der Waals surface area (Å²) in [7, 11) is 0. The number of fused-ring (bicyclic) bond motifs is 1. The van der Waals surface area contributed by atoms with Gasteiger partial charge in [-0.15, -0.1) is 11.3 Å². The first-order valence-electron chi connectivity index (χ1n) is 6.12. The molecule has 0 radical (unpaired) electrons. The smallest absolute Gasteiger partial charge is 0.134 e. The molecule has 0 aliphatic carbocycles. The summed E-state index contributed by atoms with van der Waals surface area (Å²) in [4.78, 5) is 4.46. The first kappa shape index (κ1) is 12.3. The van der Waals surface area contributed by atoms with Crippen LogP contribution in [0.15, 0.2) is 40.1 Å². The summed E-state index contributed by atoms with van der Waals surface area (Å²) in [6.45, 7) is 2.00. The predicted molar refractivity (Wildman–Crippen MR) is 76.8 cm³/mol. The average Bonchev–Trinajstić information content (AvgIpc) is 3.01. The number of nitrogens with two attached hydrogens (primary N) is 1. The van der Waals surface area contributed by atoms with Crippen LogP contribution >= 0.6 is 11.3 Å². The minimum atomic E-state index is -0.0612. The topological polar surface area (TPSA) is 64.1 Å². The lowest BCUT2D eigenvalue weighted by Crippen LogP contribution is -2.29. The standard InChI is InChI=1S/C14H15N3OS/c1-9-16-11(8-19-9)7-12(17-15)14-6-10-4-2-3-5-13(10)18-14/h2-6,8,12,17H,7,15H2,1H3. The number of para-hydroxylation sites is 1. The van der Waals surface area contributed by atoms with Crippen molar-refractivity contribution in [2.75, 3.05) is 0 Å². The molecule has 5 heteroatoms. The Kier molecular flexibility index (Phi) is 3.33. The van der Waals surface area contributed by atoms with E-state index in [-0.39, 0.29) is 6.04 Å². The second-order valence-corrected chi connectivity index (χ2v) is 5.53. The number of benzene rings is 1. The summed E-state index contributed by atoms with van der Waals surface area (Å²) in [5.41, 5.74) is 4.72. The minimum Gasteiger partial charge on any atom is -0.459 e. The molecule has 3 aromatic rings. The Bertz CT molecular complexity index is 656. The van der Waals surface area contributed by atoms with Crippen molar-refractivity contribution in [1.82, 2.24) is 10.4 Å². The zero-order valence-electron chi connectivity index (χ0n) is 10.6. The van der Waals surface area contributed by atoms with Crippen LogP contribution in [0.1, 0.15) is 22.5 Å². The predicted octanol–water partition coefficient (Wildman–Crippen LogP) is 2.94. The van der Waals surface area contributed by atoms with E-state index in [9.17, 15) is 0 Å². The quantitative estimate of drug-likeness (QED) is 0.566. The molecular formula is C14H15N3OS. The van der Waals surface area contributed by atoms with Crippen LogP contribution < -0.4 is 11.3 Å². The van der Waals surface area contributed by atoms with E-state index in [0.717, 1.165) is 33.9 Å². The second kappa shape index (κ2) is 5.13. The van der Waals surface area contributed by atoms with Crippen molar-refractivity contribution in [3.63, 3.8) is 0 Å². The van der Waals surface area contributed by atoms with Gasteiger partial charge >= 0.3 is 0 Å². The first-order valence-corrected chi connectivity index (χ1v) is 7.00. The number of nitrogens with zero attached hydrogens (tertiary/aromatic N) is 1. The Morgan fingerprint density at radius 3 is 2.95 bits per heavy atom. The number of thiazole rings is 1. The van der Waals surface area contributed by atoms with E-state index in [1.54, 1.807) is 11.3 Å². The van der Waals surface area contributed by atoms with Gasteiger partial charge in [0.1, 0.15) is 11.3 Å². The molecule has 0 saturated heterocycles. The summed E-state index contributed by atoms with van der Waals surface area (Å²) in [6, 6.07) is 9.91. The summed E-state index contributed by atoms with van der Waals surface area (Å²) >= 11 is 1.65. The fourth-order valence-corrected chi connectivity index (χ4v) is 2.75. The van der Waals surface area contributed by atoms with Gasteiger partial charge in [-0.2, -0.15) is 0 Å². The molecule has 0 fully saturated rings. The number of hydrogen-bond donors (Lipinski definition) is 2. The van der Waals surface area contributed by atoms with E-state index in [1.165, 1.54) is 0 Å².